The SMILES string of the molecule is COc1cccc(C(N)C2CCC(C(C)C)CC2)c1F. The maximum Gasteiger partial charge on any atom is 0.169 e. The van der Waals surface area contributed by atoms with Gasteiger partial charge in [0.25, 0.3) is 0 Å². The van der Waals surface area contributed by atoms with E-state index >= 15 is 0 Å². The number of hydrogen-bond acceptors (Lipinski definition) is 2. The maximum atomic E-state index is 14.3. The summed E-state index contributed by atoms with van der Waals surface area (Å²) < 4.78 is 19.3. The molecular weight excluding hydrogens is 253 g/mol. The first-order valence-corrected chi connectivity index (χ1v) is 7.62. The van der Waals surface area contributed by atoms with Crippen molar-refractivity contribution >= 4 is 0 Å². The van der Waals surface area contributed by atoms with Crippen LogP contribution in [0.4, 0.5) is 4.39 Å². The molecule has 20 heavy (non-hydrogen) atoms. The van der Waals surface area contributed by atoms with Gasteiger partial charge in [0.15, 0.2) is 11.6 Å². The molecule has 0 aromatic heterocycles. The molecule has 0 bridgehead atoms. The number of nitrogens with two attached hydrogens (primary N) is 1. The second kappa shape index (κ2) is 6.57. The van der Waals surface area contributed by atoms with Gasteiger partial charge in [0.2, 0.25) is 0 Å². The molecule has 1 fully saturated rings. The highest BCUT2D eigenvalue weighted by atomic mass is 19.1. The number of ether oxygens (including phenoxy) is 1. The van der Waals surface area contributed by atoms with Crippen molar-refractivity contribution in [1.29, 1.82) is 0 Å². The van der Waals surface area contributed by atoms with E-state index in [0.29, 0.717) is 11.5 Å². The quantitative estimate of drug-likeness (QED) is 0.892. The molecule has 0 saturated heterocycles. The molecule has 1 unspecified atom stereocenters. The Bertz CT molecular complexity index is 439. The van der Waals surface area contributed by atoms with Crippen molar-refractivity contribution in [2.75, 3.05) is 7.11 Å². The van der Waals surface area contributed by atoms with Gasteiger partial charge in [-0.25, -0.2) is 4.39 Å². The van der Waals surface area contributed by atoms with Crippen molar-refractivity contribution in [2.24, 2.45) is 23.5 Å². The zero-order valence-electron chi connectivity index (χ0n) is 12.7. The van der Waals surface area contributed by atoms with Crippen LogP contribution in [-0.4, -0.2) is 7.11 Å². The Morgan fingerprint density at radius 2 is 1.75 bits per heavy atom. The molecule has 2 N–H and O–H groups in total. The summed E-state index contributed by atoms with van der Waals surface area (Å²) in [6.07, 6.45) is 4.62. The predicted octanol–water partition coefficient (Wildman–Crippen LogP) is 4.30. The van der Waals surface area contributed by atoms with E-state index in [2.05, 4.69) is 13.8 Å². The van der Waals surface area contributed by atoms with Gasteiger partial charge in [-0.2, -0.15) is 0 Å². The highest BCUT2D eigenvalue weighted by Crippen LogP contribution is 2.39. The second-order valence-corrected chi connectivity index (χ2v) is 6.31. The lowest BCUT2D eigenvalue weighted by Crippen LogP contribution is -2.28. The fourth-order valence-electron chi connectivity index (χ4n) is 3.37. The topological polar surface area (TPSA) is 35.2 Å². The first-order valence-electron chi connectivity index (χ1n) is 7.62. The smallest absolute Gasteiger partial charge is 0.169 e. The summed E-state index contributed by atoms with van der Waals surface area (Å²) in [5.41, 5.74) is 6.91. The maximum absolute atomic E-state index is 14.3. The summed E-state index contributed by atoms with van der Waals surface area (Å²) in [6, 6.07) is 5.02. The molecular formula is C17H26FNO. The molecule has 1 aromatic rings. The second-order valence-electron chi connectivity index (χ2n) is 6.31. The van der Waals surface area contributed by atoms with Gasteiger partial charge in [-0.05, 0) is 49.5 Å². The Morgan fingerprint density at radius 3 is 2.30 bits per heavy atom. The van der Waals surface area contributed by atoms with Gasteiger partial charge < -0.3 is 10.5 Å². The van der Waals surface area contributed by atoms with Crippen LogP contribution in [0.25, 0.3) is 0 Å². The fourth-order valence-corrected chi connectivity index (χ4v) is 3.37. The van der Waals surface area contributed by atoms with E-state index in [-0.39, 0.29) is 17.6 Å². The number of hydrogen-bond donors (Lipinski definition) is 1. The Kier molecular flexibility index (Phi) is 5.03. The van der Waals surface area contributed by atoms with E-state index in [1.165, 1.54) is 20.0 Å². The lowest BCUT2D eigenvalue weighted by molar-refractivity contribution is 0.202. The molecule has 1 saturated carbocycles. The summed E-state index contributed by atoms with van der Waals surface area (Å²) in [7, 11) is 1.49. The van der Waals surface area contributed by atoms with E-state index < -0.39 is 0 Å². The van der Waals surface area contributed by atoms with Crippen LogP contribution >= 0.6 is 0 Å². The van der Waals surface area contributed by atoms with E-state index in [1.54, 1.807) is 12.1 Å². The fraction of sp³-hybridized carbons (Fsp3) is 0.647. The van der Waals surface area contributed by atoms with Crippen LogP contribution in [0.1, 0.15) is 51.1 Å². The molecule has 1 aliphatic carbocycles. The minimum Gasteiger partial charge on any atom is -0.494 e. The van der Waals surface area contributed by atoms with Crippen molar-refractivity contribution in [3.63, 3.8) is 0 Å². The van der Waals surface area contributed by atoms with Gasteiger partial charge in [-0.15, -0.1) is 0 Å². The molecule has 1 atom stereocenters. The number of halogens is 1. The van der Waals surface area contributed by atoms with Crippen molar-refractivity contribution in [3.05, 3.63) is 29.6 Å². The van der Waals surface area contributed by atoms with Crippen molar-refractivity contribution < 1.29 is 9.13 Å². The van der Waals surface area contributed by atoms with E-state index in [0.717, 1.165) is 24.7 Å². The van der Waals surface area contributed by atoms with Crippen LogP contribution in [0.3, 0.4) is 0 Å². The van der Waals surface area contributed by atoms with Gasteiger partial charge in [-0.3, -0.25) is 0 Å². The summed E-state index contributed by atoms with van der Waals surface area (Å²) in [4.78, 5) is 0. The van der Waals surface area contributed by atoms with Gasteiger partial charge >= 0.3 is 0 Å². The zero-order chi connectivity index (χ0) is 14.7. The number of benzene rings is 1. The third-order valence-electron chi connectivity index (χ3n) is 4.84. The molecule has 0 amide bonds. The van der Waals surface area contributed by atoms with Crippen molar-refractivity contribution in [3.8, 4) is 5.75 Å². The lowest BCUT2D eigenvalue weighted by atomic mass is 9.73. The molecule has 2 rings (SSSR count). The third-order valence-corrected chi connectivity index (χ3v) is 4.84. The van der Waals surface area contributed by atoms with Crippen LogP contribution in [0.15, 0.2) is 18.2 Å². The summed E-state index contributed by atoms with van der Waals surface area (Å²) in [6.45, 7) is 4.57. The molecule has 3 heteroatoms. The summed E-state index contributed by atoms with van der Waals surface area (Å²) in [5.74, 6) is 1.91. The normalized spacial score (nSPS) is 24.7. The van der Waals surface area contributed by atoms with Gasteiger partial charge in [0.05, 0.1) is 7.11 Å². The van der Waals surface area contributed by atoms with Crippen molar-refractivity contribution in [1.82, 2.24) is 0 Å². The van der Waals surface area contributed by atoms with Crippen molar-refractivity contribution in [2.45, 2.75) is 45.6 Å². The van der Waals surface area contributed by atoms with Crippen LogP contribution in [0, 0.1) is 23.6 Å². The Morgan fingerprint density at radius 1 is 1.15 bits per heavy atom. The van der Waals surface area contributed by atoms with Crippen LogP contribution < -0.4 is 10.5 Å². The average Bonchev–Trinajstić information content (AvgIpc) is 2.47. The molecule has 112 valence electrons. The monoisotopic (exact) mass is 279 g/mol. The summed E-state index contributed by atoms with van der Waals surface area (Å²) in [5, 5.41) is 0. The van der Waals surface area contributed by atoms with Gasteiger partial charge in [0, 0.05) is 11.6 Å². The molecule has 1 aromatic carbocycles. The predicted molar refractivity (Wildman–Crippen MR) is 80.2 cm³/mol. The van der Waals surface area contributed by atoms with Gasteiger partial charge in [0.1, 0.15) is 0 Å². The van der Waals surface area contributed by atoms with Gasteiger partial charge in [-0.1, -0.05) is 26.0 Å². The molecule has 0 radical (unpaired) electrons. The van der Waals surface area contributed by atoms with E-state index in [4.69, 9.17) is 10.5 Å². The minimum absolute atomic E-state index is 0.224. The highest BCUT2D eigenvalue weighted by molar-refractivity contribution is 5.33. The summed E-state index contributed by atoms with van der Waals surface area (Å²) >= 11 is 0. The third kappa shape index (κ3) is 3.14. The van der Waals surface area contributed by atoms with Crippen LogP contribution in [-0.2, 0) is 0 Å². The number of rotatable bonds is 4. The lowest BCUT2D eigenvalue weighted by Gasteiger charge is -2.34. The largest absolute Gasteiger partial charge is 0.494 e. The molecule has 0 heterocycles. The molecule has 2 nitrogen and oxygen atoms in total. The highest BCUT2D eigenvalue weighted by Gasteiger charge is 2.29. The zero-order valence-corrected chi connectivity index (χ0v) is 12.7. The minimum atomic E-state index is -0.298. The number of methoxy groups -OCH3 is 1. The molecule has 1 aliphatic rings. The first kappa shape index (κ1) is 15.3. The van der Waals surface area contributed by atoms with E-state index in [9.17, 15) is 4.39 Å². The molecule has 0 spiro atoms. The van der Waals surface area contributed by atoms with Crippen LogP contribution in [0.5, 0.6) is 5.75 Å². The Hall–Kier alpha value is -1.09. The average molecular weight is 279 g/mol. The standard InChI is InChI=1S/C17H26FNO/c1-11(2)12-7-9-13(10-8-12)17(19)14-5-4-6-15(20-3)16(14)18/h4-6,11-13,17H,7-10,19H2,1-3H3. The molecule has 0 aliphatic heterocycles. The Balaban J connectivity index is 2.07. The van der Waals surface area contributed by atoms with Crippen LogP contribution in [0.2, 0.25) is 0 Å². The van der Waals surface area contributed by atoms with E-state index in [1.807, 2.05) is 6.07 Å². The Labute approximate surface area is 121 Å². The first-order chi connectivity index (χ1) is 9.54.